The van der Waals surface area contributed by atoms with Crippen molar-refractivity contribution in [2.45, 2.75) is 50.5 Å². The van der Waals surface area contributed by atoms with E-state index < -0.39 is 22.6 Å². The Bertz CT molecular complexity index is 392. The van der Waals surface area contributed by atoms with Crippen molar-refractivity contribution in [1.82, 2.24) is 4.90 Å². The normalized spacial score (nSPS) is 27.2. The van der Waals surface area contributed by atoms with Gasteiger partial charge < -0.3 is 14.4 Å². The van der Waals surface area contributed by atoms with Crippen LogP contribution in [0, 0.1) is 18.3 Å². The molecule has 0 aliphatic carbocycles. The fourth-order valence-electron chi connectivity index (χ4n) is 1.84. The lowest BCUT2D eigenvalue weighted by molar-refractivity contribution is -0.236. The van der Waals surface area contributed by atoms with E-state index in [0.717, 1.165) is 0 Å². The van der Waals surface area contributed by atoms with Crippen molar-refractivity contribution < 1.29 is 14.3 Å². The minimum Gasteiger partial charge on any atom is -0.350 e. The standard InChI is InChI=1S/C14H21Cl2NO3/c1-6-14(4,5)17(13(18)12(15)16)7-11-19-8-9(2)10(3)20-11/h1,9-12H,7-8H2,2-5H3. The van der Waals surface area contributed by atoms with Crippen LogP contribution in [0.5, 0.6) is 0 Å². The Hall–Kier alpha value is -0.470. The largest absolute Gasteiger partial charge is 0.350 e. The van der Waals surface area contributed by atoms with Crippen molar-refractivity contribution in [3.63, 3.8) is 0 Å². The van der Waals surface area contributed by atoms with Crippen LogP contribution in [0.2, 0.25) is 0 Å². The van der Waals surface area contributed by atoms with Gasteiger partial charge >= 0.3 is 0 Å². The van der Waals surface area contributed by atoms with Gasteiger partial charge in [0.1, 0.15) is 0 Å². The van der Waals surface area contributed by atoms with Gasteiger partial charge in [-0.1, -0.05) is 36.0 Å². The monoisotopic (exact) mass is 321 g/mol. The number of terminal acetylenes is 1. The zero-order chi connectivity index (χ0) is 15.5. The Morgan fingerprint density at radius 2 is 2.10 bits per heavy atom. The van der Waals surface area contributed by atoms with E-state index in [4.69, 9.17) is 39.1 Å². The van der Waals surface area contributed by atoms with Crippen LogP contribution in [0.4, 0.5) is 0 Å². The third-order valence-corrected chi connectivity index (χ3v) is 3.90. The van der Waals surface area contributed by atoms with Gasteiger partial charge in [-0.15, -0.1) is 6.42 Å². The summed E-state index contributed by atoms with van der Waals surface area (Å²) in [5.41, 5.74) is -0.821. The first kappa shape index (κ1) is 17.6. The van der Waals surface area contributed by atoms with E-state index in [1.54, 1.807) is 13.8 Å². The molecule has 1 heterocycles. The second-order valence-corrected chi connectivity index (χ2v) is 6.63. The van der Waals surface area contributed by atoms with Crippen molar-refractivity contribution in [3.05, 3.63) is 0 Å². The summed E-state index contributed by atoms with van der Waals surface area (Å²) >= 11 is 11.4. The molecule has 0 bridgehead atoms. The SMILES string of the molecule is C#CC(C)(C)N(CC1OCC(C)C(C)O1)C(=O)C(Cl)Cl. The van der Waals surface area contributed by atoms with Crippen molar-refractivity contribution >= 4 is 29.1 Å². The van der Waals surface area contributed by atoms with Gasteiger partial charge in [0.25, 0.3) is 5.91 Å². The average molecular weight is 322 g/mol. The van der Waals surface area contributed by atoms with Crippen molar-refractivity contribution in [2.24, 2.45) is 5.92 Å². The number of rotatable bonds is 4. The fraction of sp³-hybridized carbons (Fsp3) is 0.786. The summed E-state index contributed by atoms with van der Waals surface area (Å²) < 4.78 is 11.3. The summed E-state index contributed by atoms with van der Waals surface area (Å²) in [5.74, 6) is 2.42. The lowest BCUT2D eigenvalue weighted by atomic mass is 10.0. The number of ether oxygens (including phenoxy) is 2. The molecule has 1 amide bonds. The van der Waals surface area contributed by atoms with Gasteiger partial charge in [0.2, 0.25) is 0 Å². The first-order chi connectivity index (χ1) is 9.19. The topological polar surface area (TPSA) is 38.8 Å². The van der Waals surface area contributed by atoms with E-state index in [1.165, 1.54) is 4.90 Å². The number of halogens is 2. The average Bonchev–Trinajstić information content (AvgIpc) is 2.38. The van der Waals surface area contributed by atoms with Crippen LogP contribution in [-0.4, -0.2) is 46.7 Å². The predicted octanol–water partition coefficient (Wildman–Crippen LogP) is 2.43. The molecule has 0 saturated carbocycles. The second kappa shape index (κ2) is 7.00. The molecule has 1 aliphatic heterocycles. The van der Waals surface area contributed by atoms with Crippen molar-refractivity contribution in [1.29, 1.82) is 0 Å². The Morgan fingerprint density at radius 1 is 1.50 bits per heavy atom. The molecule has 3 atom stereocenters. The van der Waals surface area contributed by atoms with Gasteiger partial charge in [0, 0.05) is 5.92 Å². The molecule has 0 spiro atoms. The summed E-state index contributed by atoms with van der Waals surface area (Å²) in [4.78, 5) is 12.4. The maximum absolute atomic E-state index is 12.1. The van der Waals surface area contributed by atoms with Crippen LogP contribution >= 0.6 is 23.2 Å². The molecule has 0 N–H and O–H groups in total. The lowest BCUT2D eigenvalue weighted by Crippen LogP contribution is -2.54. The highest BCUT2D eigenvalue weighted by molar-refractivity contribution is 6.53. The molecule has 20 heavy (non-hydrogen) atoms. The molecule has 0 aromatic heterocycles. The van der Waals surface area contributed by atoms with Gasteiger partial charge in [-0.3, -0.25) is 4.79 Å². The van der Waals surface area contributed by atoms with Crippen molar-refractivity contribution in [3.8, 4) is 12.3 Å². The van der Waals surface area contributed by atoms with Crippen LogP contribution in [0.3, 0.4) is 0 Å². The second-order valence-electron chi connectivity index (χ2n) is 5.53. The highest BCUT2D eigenvalue weighted by atomic mass is 35.5. The Balaban J connectivity index is 2.81. The van der Waals surface area contributed by atoms with Crippen LogP contribution in [-0.2, 0) is 14.3 Å². The number of nitrogens with zero attached hydrogens (tertiary/aromatic N) is 1. The summed E-state index contributed by atoms with van der Waals surface area (Å²) in [5, 5.41) is 0. The third kappa shape index (κ3) is 4.26. The molecule has 1 saturated heterocycles. The summed E-state index contributed by atoms with van der Waals surface area (Å²) in [6.45, 7) is 8.29. The summed E-state index contributed by atoms with van der Waals surface area (Å²) in [6.07, 6.45) is 5.02. The van der Waals surface area contributed by atoms with Crippen LogP contribution in [0.15, 0.2) is 0 Å². The van der Waals surface area contributed by atoms with E-state index in [1.807, 2.05) is 13.8 Å². The van der Waals surface area contributed by atoms with E-state index in [-0.39, 0.29) is 12.6 Å². The number of hydrogen-bond donors (Lipinski definition) is 0. The summed E-state index contributed by atoms with van der Waals surface area (Å²) in [7, 11) is 0. The van der Waals surface area contributed by atoms with Gasteiger partial charge in [0.05, 0.1) is 24.8 Å². The first-order valence-corrected chi connectivity index (χ1v) is 7.40. The molecule has 1 aliphatic rings. The first-order valence-electron chi connectivity index (χ1n) is 6.53. The molecule has 4 nitrogen and oxygen atoms in total. The maximum atomic E-state index is 12.1. The minimum absolute atomic E-state index is 0.0578. The van der Waals surface area contributed by atoms with E-state index in [0.29, 0.717) is 12.5 Å². The van der Waals surface area contributed by atoms with E-state index in [2.05, 4.69) is 5.92 Å². The van der Waals surface area contributed by atoms with Gasteiger partial charge in [-0.05, 0) is 20.8 Å². The molecule has 114 valence electrons. The number of amides is 1. The number of carbonyl (C=O) groups excluding carboxylic acids is 1. The number of carbonyl (C=O) groups is 1. The molecular weight excluding hydrogens is 301 g/mol. The highest BCUT2D eigenvalue weighted by Gasteiger charge is 2.36. The molecule has 6 heteroatoms. The van der Waals surface area contributed by atoms with Gasteiger partial charge in [-0.2, -0.15) is 0 Å². The quantitative estimate of drug-likeness (QED) is 0.589. The molecule has 1 fully saturated rings. The van der Waals surface area contributed by atoms with E-state index >= 15 is 0 Å². The number of alkyl halides is 2. The van der Waals surface area contributed by atoms with Gasteiger partial charge in [0.15, 0.2) is 11.1 Å². The Labute approximate surface area is 130 Å². The maximum Gasteiger partial charge on any atom is 0.257 e. The molecule has 3 unspecified atom stereocenters. The highest BCUT2D eigenvalue weighted by Crippen LogP contribution is 2.23. The van der Waals surface area contributed by atoms with Crippen LogP contribution in [0.25, 0.3) is 0 Å². The van der Waals surface area contributed by atoms with E-state index in [9.17, 15) is 4.79 Å². The van der Waals surface area contributed by atoms with Crippen LogP contribution in [0.1, 0.15) is 27.7 Å². The molecule has 0 aromatic carbocycles. The zero-order valence-electron chi connectivity index (χ0n) is 12.2. The summed E-state index contributed by atoms with van der Waals surface area (Å²) in [6, 6.07) is 0. The zero-order valence-corrected chi connectivity index (χ0v) is 13.7. The van der Waals surface area contributed by atoms with Crippen molar-refractivity contribution in [2.75, 3.05) is 13.2 Å². The minimum atomic E-state index is -1.16. The predicted molar refractivity (Wildman–Crippen MR) is 79.6 cm³/mol. The molecule has 1 rings (SSSR count). The third-order valence-electron chi connectivity index (χ3n) is 3.53. The van der Waals surface area contributed by atoms with Gasteiger partial charge in [-0.25, -0.2) is 0 Å². The Morgan fingerprint density at radius 3 is 2.55 bits per heavy atom. The molecule has 0 aromatic rings. The number of hydrogen-bond acceptors (Lipinski definition) is 3. The van der Waals surface area contributed by atoms with Crippen LogP contribution < -0.4 is 0 Å². The fourth-order valence-corrected chi connectivity index (χ4v) is 2.08. The Kier molecular flexibility index (Phi) is 6.15. The molecular formula is C14H21Cl2NO3. The molecule has 0 radical (unpaired) electrons. The smallest absolute Gasteiger partial charge is 0.257 e. The lowest BCUT2D eigenvalue weighted by Gasteiger charge is -2.40.